The van der Waals surface area contributed by atoms with Crippen molar-refractivity contribution in [1.82, 2.24) is 9.55 Å². The molecule has 1 aromatic rings. The summed E-state index contributed by atoms with van der Waals surface area (Å²) in [5, 5.41) is 3.93. The number of aromatic nitrogens is 2. The molecule has 1 aromatic heterocycles. The van der Waals surface area contributed by atoms with Crippen LogP contribution in [-0.4, -0.2) is 34.8 Å². The highest BCUT2D eigenvalue weighted by molar-refractivity contribution is 5.86. The van der Waals surface area contributed by atoms with Crippen molar-refractivity contribution in [2.24, 2.45) is 5.16 Å². The molecule has 2 aliphatic rings. The van der Waals surface area contributed by atoms with E-state index in [4.69, 9.17) is 14.3 Å². The molecule has 1 saturated heterocycles. The molecule has 0 aliphatic carbocycles. The Bertz CT molecular complexity index is 629. The first-order valence-corrected chi connectivity index (χ1v) is 6.98. The van der Waals surface area contributed by atoms with Crippen molar-refractivity contribution in [3.05, 3.63) is 33.1 Å². The van der Waals surface area contributed by atoms with Gasteiger partial charge in [-0.2, -0.15) is 0 Å². The van der Waals surface area contributed by atoms with Gasteiger partial charge in [-0.15, -0.1) is 0 Å². The first-order valence-electron chi connectivity index (χ1n) is 6.98. The molecule has 0 radical (unpaired) electrons. The number of rotatable bonds is 4. The van der Waals surface area contributed by atoms with E-state index in [1.807, 2.05) is 0 Å². The molecule has 0 aromatic carbocycles. The number of ether oxygens (including phenoxy) is 2. The second-order valence-electron chi connectivity index (χ2n) is 5.05. The molecule has 1 N–H and O–H groups in total. The van der Waals surface area contributed by atoms with E-state index in [1.165, 1.54) is 16.8 Å². The molecule has 8 nitrogen and oxygen atoms in total. The van der Waals surface area contributed by atoms with Crippen molar-refractivity contribution in [2.75, 3.05) is 13.2 Å². The van der Waals surface area contributed by atoms with Gasteiger partial charge in [-0.05, 0) is 19.3 Å². The fourth-order valence-corrected chi connectivity index (χ4v) is 2.33. The van der Waals surface area contributed by atoms with Crippen LogP contribution in [0.5, 0.6) is 0 Å². The molecule has 3 rings (SSSR count). The van der Waals surface area contributed by atoms with Gasteiger partial charge in [-0.1, -0.05) is 5.16 Å². The van der Waals surface area contributed by atoms with Gasteiger partial charge in [0.1, 0.15) is 0 Å². The lowest BCUT2D eigenvalue weighted by Crippen LogP contribution is -2.31. The lowest BCUT2D eigenvalue weighted by Gasteiger charge is -2.22. The van der Waals surface area contributed by atoms with Gasteiger partial charge in [0.05, 0.1) is 18.7 Å². The third-order valence-electron chi connectivity index (χ3n) is 3.45. The summed E-state index contributed by atoms with van der Waals surface area (Å²) in [6, 6.07) is 1.27. The van der Waals surface area contributed by atoms with Crippen LogP contribution in [0, 0.1) is 0 Å². The zero-order valence-electron chi connectivity index (χ0n) is 11.5. The molecule has 3 heterocycles. The number of nitrogens with zero attached hydrogens (tertiary/aromatic N) is 2. The molecule has 0 spiro atoms. The zero-order valence-corrected chi connectivity index (χ0v) is 11.5. The van der Waals surface area contributed by atoms with E-state index in [0.29, 0.717) is 18.7 Å². The van der Waals surface area contributed by atoms with Gasteiger partial charge in [0.2, 0.25) is 6.23 Å². The van der Waals surface area contributed by atoms with Crippen LogP contribution < -0.4 is 11.2 Å². The standard InChI is InChI=1S/C13H17N3O5/c17-10-4-5-16(13(18)14-10)11-7-9(15-21-11)8-20-12-3-1-2-6-19-12/h4-5,11-12H,1-3,6-8H2,(H,14,17,18). The third kappa shape index (κ3) is 3.40. The van der Waals surface area contributed by atoms with Gasteiger partial charge in [0.25, 0.3) is 5.56 Å². The number of aromatic amines is 1. The van der Waals surface area contributed by atoms with Gasteiger partial charge in [-0.25, -0.2) is 4.79 Å². The van der Waals surface area contributed by atoms with Crippen molar-refractivity contribution in [1.29, 1.82) is 0 Å². The van der Waals surface area contributed by atoms with Crippen LogP contribution in [0.15, 0.2) is 27.0 Å². The van der Waals surface area contributed by atoms with E-state index in [0.717, 1.165) is 25.9 Å². The maximum absolute atomic E-state index is 11.7. The van der Waals surface area contributed by atoms with Crippen LogP contribution in [0.1, 0.15) is 31.9 Å². The summed E-state index contributed by atoms with van der Waals surface area (Å²) in [6.45, 7) is 1.04. The van der Waals surface area contributed by atoms with Crippen molar-refractivity contribution < 1.29 is 14.3 Å². The number of nitrogens with one attached hydrogen (secondary N) is 1. The number of hydrogen-bond acceptors (Lipinski definition) is 6. The summed E-state index contributed by atoms with van der Waals surface area (Å²) in [6.07, 6.45) is 4.17. The van der Waals surface area contributed by atoms with Crippen molar-refractivity contribution in [2.45, 2.75) is 38.2 Å². The van der Waals surface area contributed by atoms with E-state index in [-0.39, 0.29) is 6.29 Å². The van der Waals surface area contributed by atoms with Crippen LogP contribution in [0.2, 0.25) is 0 Å². The minimum atomic E-state index is -0.541. The predicted octanol–water partition coefficient (Wildman–Crippen LogP) is 0.355. The highest BCUT2D eigenvalue weighted by Gasteiger charge is 2.25. The monoisotopic (exact) mass is 295 g/mol. The van der Waals surface area contributed by atoms with Crippen molar-refractivity contribution >= 4 is 5.71 Å². The van der Waals surface area contributed by atoms with E-state index < -0.39 is 17.5 Å². The quantitative estimate of drug-likeness (QED) is 0.865. The molecule has 0 bridgehead atoms. The molecule has 21 heavy (non-hydrogen) atoms. The largest absolute Gasteiger partial charge is 0.370 e. The van der Waals surface area contributed by atoms with Crippen LogP contribution in [0.4, 0.5) is 0 Å². The van der Waals surface area contributed by atoms with Crippen LogP contribution >= 0.6 is 0 Å². The smallest absolute Gasteiger partial charge is 0.331 e. The molecule has 1 fully saturated rings. The molecule has 2 aliphatic heterocycles. The summed E-state index contributed by atoms with van der Waals surface area (Å²) in [7, 11) is 0. The maximum Gasteiger partial charge on any atom is 0.331 e. The lowest BCUT2D eigenvalue weighted by atomic mass is 10.2. The first-order chi connectivity index (χ1) is 10.2. The summed E-state index contributed by atoms with van der Waals surface area (Å²) in [5.41, 5.74) is -0.235. The maximum atomic E-state index is 11.7. The first kappa shape index (κ1) is 14.0. The topological polar surface area (TPSA) is 94.9 Å². The fraction of sp³-hybridized carbons (Fsp3) is 0.615. The van der Waals surface area contributed by atoms with Gasteiger partial charge >= 0.3 is 5.69 Å². The molecule has 0 amide bonds. The number of oxime groups is 1. The zero-order chi connectivity index (χ0) is 14.7. The highest BCUT2D eigenvalue weighted by Crippen LogP contribution is 2.20. The highest BCUT2D eigenvalue weighted by atomic mass is 16.7. The molecule has 2 unspecified atom stereocenters. The van der Waals surface area contributed by atoms with Gasteiger partial charge < -0.3 is 14.3 Å². The second kappa shape index (κ2) is 6.23. The van der Waals surface area contributed by atoms with Crippen LogP contribution in [-0.2, 0) is 14.3 Å². The fourth-order valence-electron chi connectivity index (χ4n) is 2.33. The van der Waals surface area contributed by atoms with Gasteiger partial charge in [0, 0.05) is 18.9 Å². The molecule has 8 heteroatoms. The molecule has 2 atom stereocenters. The second-order valence-corrected chi connectivity index (χ2v) is 5.05. The van der Waals surface area contributed by atoms with E-state index in [9.17, 15) is 9.59 Å². The number of H-pyrrole nitrogens is 1. The molecular formula is C13H17N3O5. The minimum absolute atomic E-state index is 0.184. The average Bonchev–Trinajstić information content (AvgIpc) is 2.95. The van der Waals surface area contributed by atoms with E-state index in [2.05, 4.69) is 10.1 Å². The summed E-state index contributed by atoms with van der Waals surface area (Å²) in [4.78, 5) is 30.1. The Labute approximate surface area is 120 Å². The van der Waals surface area contributed by atoms with E-state index in [1.54, 1.807) is 0 Å². The summed E-state index contributed by atoms with van der Waals surface area (Å²) >= 11 is 0. The van der Waals surface area contributed by atoms with Gasteiger partial charge in [-0.3, -0.25) is 14.3 Å². The normalized spacial score (nSPS) is 25.4. The molecule has 0 saturated carbocycles. The van der Waals surface area contributed by atoms with E-state index >= 15 is 0 Å². The van der Waals surface area contributed by atoms with Crippen LogP contribution in [0.3, 0.4) is 0 Å². The molecule has 114 valence electrons. The van der Waals surface area contributed by atoms with Crippen LogP contribution in [0.25, 0.3) is 0 Å². The summed E-state index contributed by atoms with van der Waals surface area (Å²) in [5.74, 6) is 0. The summed E-state index contributed by atoms with van der Waals surface area (Å²) < 4.78 is 12.4. The lowest BCUT2D eigenvalue weighted by molar-refractivity contribution is -0.153. The molecular weight excluding hydrogens is 278 g/mol. The van der Waals surface area contributed by atoms with Crippen molar-refractivity contribution in [3.63, 3.8) is 0 Å². The Hall–Kier alpha value is -1.93. The third-order valence-corrected chi connectivity index (χ3v) is 3.45. The van der Waals surface area contributed by atoms with Crippen molar-refractivity contribution in [3.8, 4) is 0 Å². The average molecular weight is 295 g/mol. The Morgan fingerprint density at radius 1 is 1.43 bits per heavy atom. The Kier molecular flexibility index (Phi) is 4.16. The number of hydrogen-bond donors (Lipinski definition) is 1. The Morgan fingerprint density at radius 2 is 2.33 bits per heavy atom. The van der Waals surface area contributed by atoms with Gasteiger partial charge in [0.15, 0.2) is 6.29 Å². The Morgan fingerprint density at radius 3 is 3.10 bits per heavy atom. The minimum Gasteiger partial charge on any atom is -0.370 e. The predicted molar refractivity (Wildman–Crippen MR) is 73.0 cm³/mol. The Balaban J connectivity index is 1.54. The SMILES string of the molecule is O=c1ccn(C2CC(COC3CCCCO3)=NO2)c(=O)[nH]1.